The highest BCUT2D eigenvalue weighted by Crippen LogP contribution is 2.11. The molecular formula is C11H15N5. The number of nitrogens with zero attached hydrogens (tertiary/aromatic N) is 4. The molecule has 2 aromatic rings. The molecule has 0 unspecified atom stereocenters. The number of aromatic nitrogens is 4. The van der Waals surface area contributed by atoms with E-state index in [-0.39, 0.29) is 0 Å². The highest BCUT2D eigenvalue weighted by atomic mass is 15.3. The van der Waals surface area contributed by atoms with E-state index < -0.39 is 0 Å². The minimum atomic E-state index is 0.448. The molecule has 0 aliphatic heterocycles. The molecule has 2 heterocycles. The lowest BCUT2D eigenvalue weighted by molar-refractivity contribution is 0.585. The third-order valence-electron chi connectivity index (χ3n) is 2.24. The van der Waals surface area contributed by atoms with Gasteiger partial charge in [-0.25, -0.2) is 9.67 Å². The van der Waals surface area contributed by atoms with Gasteiger partial charge in [0.05, 0.1) is 5.69 Å². The van der Waals surface area contributed by atoms with Gasteiger partial charge in [0.25, 0.3) is 0 Å². The molecule has 2 rings (SSSR count). The predicted molar refractivity (Wildman–Crippen MR) is 61.1 cm³/mol. The second kappa shape index (κ2) is 4.85. The van der Waals surface area contributed by atoms with Crippen molar-refractivity contribution < 1.29 is 0 Å². The van der Waals surface area contributed by atoms with E-state index in [1.807, 2.05) is 12.3 Å². The quantitative estimate of drug-likeness (QED) is 0.835. The first kappa shape index (κ1) is 10.8. The van der Waals surface area contributed by atoms with E-state index in [1.165, 1.54) is 6.33 Å². The summed E-state index contributed by atoms with van der Waals surface area (Å²) in [4.78, 5) is 8.08. The molecule has 0 aromatic carbocycles. The van der Waals surface area contributed by atoms with Gasteiger partial charge >= 0.3 is 0 Å². The summed E-state index contributed by atoms with van der Waals surface area (Å²) in [5, 5.41) is 7.49. The van der Waals surface area contributed by atoms with Crippen LogP contribution in [0.4, 0.5) is 0 Å². The van der Waals surface area contributed by atoms with Crippen molar-refractivity contribution in [1.29, 1.82) is 0 Å². The van der Waals surface area contributed by atoms with Crippen LogP contribution < -0.4 is 5.32 Å². The van der Waals surface area contributed by atoms with Crippen LogP contribution in [0.5, 0.6) is 0 Å². The zero-order valence-corrected chi connectivity index (χ0v) is 9.46. The van der Waals surface area contributed by atoms with Crippen LogP contribution in [0.3, 0.4) is 0 Å². The monoisotopic (exact) mass is 217 g/mol. The Labute approximate surface area is 94.5 Å². The highest BCUT2D eigenvalue weighted by Gasteiger charge is 2.05. The largest absolute Gasteiger partial charge is 0.310 e. The summed E-state index contributed by atoms with van der Waals surface area (Å²) in [7, 11) is 0. The number of rotatable bonds is 4. The first-order chi connectivity index (χ1) is 7.77. The van der Waals surface area contributed by atoms with Crippen LogP contribution in [0.25, 0.3) is 5.69 Å². The van der Waals surface area contributed by atoms with Crippen molar-refractivity contribution in [2.45, 2.75) is 26.4 Å². The molecule has 0 saturated carbocycles. The number of hydrogen-bond donors (Lipinski definition) is 1. The van der Waals surface area contributed by atoms with Gasteiger partial charge in [-0.05, 0) is 6.07 Å². The fraction of sp³-hybridized carbons (Fsp3) is 0.364. The Balaban J connectivity index is 2.24. The van der Waals surface area contributed by atoms with Crippen molar-refractivity contribution in [3.8, 4) is 5.69 Å². The Morgan fingerprint density at radius 2 is 2.25 bits per heavy atom. The second-order valence-electron chi connectivity index (χ2n) is 3.88. The maximum absolute atomic E-state index is 4.13. The molecule has 0 bridgehead atoms. The molecular weight excluding hydrogens is 202 g/mol. The predicted octanol–water partition coefficient (Wildman–Crippen LogP) is 1.16. The van der Waals surface area contributed by atoms with Crippen molar-refractivity contribution in [2.24, 2.45) is 0 Å². The van der Waals surface area contributed by atoms with Crippen LogP contribution in [0.15, 0.2) is 31.1 Å². The molecule has 0 spiro atoms. The molecule has 1 N–H and O–H groups in total. The van der Waals surface area contributed by atoms with E-state index in [0.717, 1.165) is 17.8 Å². The average Bonchev–Trinajstić information content (AvgIpc) is 2.80. The molecule has 5 nitrogen and oxygen atoms in total. The summed E-state index contributed by atoms with van der Waals surface area (Å²) in [5.74, 6) is 0. The summed E-state index contributed by atoms with van der Waals surface area (Å²) >= 11 is 0. The van der Waals surface area contributed by atoms with Gasteiger partial charge in [0.1, 0.15) is 12.7 Å². The van der Waals surface area contributed by atoms with Crippen molar-refractivity contribution >= 4 is 0 Å². The molecule has 0 atom stereocenters. The molecule has 0 fully saturated rings. The van der Waals surface area contributed by atoms with Gasteiger partial charge in [-0.1, -0.05) is 13.8 Å². The van der Waals surface area contributed by atoms with E-state index >= 15 is 0 Å². The Kier molecular flexibility index (Phi) is 3.26. The third-order valence-corrected chi connectivity index (χ3v) is 2.24. The van der Waals surface area contributed by atoms with Gasteiger partial charge in [-0.15, -0.1) is 0 Å². The number of hydrogen-bond acceptors (Lipinski definition) is 4. The van der Waals surface area contributed by atoms with Crippen LogP contribution in [-0.2, 0) is 6.54 Å². The molecule has 5 heteroatoms. The van der Waals surface area contributed by atoms with Gasteiger partial charge in [0, 0.05) is 30.5 Å². The zero-order valence-electron chi connectivity index (χ0n) is 9.46. The summed E-state index contributed by atoms with van der Waals surface area (Å²) in [5.41, 5.74) is 2.13. The molecule has 0 aliphatic rings. The Bertz CT molecular complexity index is 435. The molecule has 2 aromatic heterocycles. The Morgan fingerprint density at radius 1 is 1.38 bits per heavy atom. The highest BCUT2D eigenvalue weighted by molar-refractivity contribution is 5.37. The van der Waals surface area contributed by atoms with Gasteiger partial charge in [-0.3, -0.25) is 4.98 Å². The lowest BCUT2D eigenvalue weighted by Crippen LogP contribution is -2.22. The molecule has 16 heavy (non-hydrogen) atoms. The maximum atomic E-state index is 4.13. The standard InChI is InChI=1S/C11H15N5/c1-9(2)14-6-10-5-12-4-3-11(10)16-8-13-7-15-16/h3-5,7-9,14H,6H2,1-2H3. The van der Waals surface area contributed by atoms with E-state index in [0.29, 0.717) is 6.04 Å². The van der Waals surface area contributed by atoms with Gasteiger partial charge in [0.2, 0.25) is 0 Å². The minimum Gasteiger partial charge on any atom is -0.310 e. The van der Waals surface area contributed by atoms with Crippen LogP contribution in [0.1, 0.15) is 19.4 Å². The maximum Gasteiger partial charge on any atom is 0.138 e. The van der Waals surface area contributed by atoms with E-state index in [9.17, 15) is 0 Å². The molecule has 0 amide bonds. The van der Waals surface area contributed by atoms with E-state index in [1.54, 1.807) is 17.2 Å². The van der Waals surface area contributed by atoms with Crippen LogP contribution in [-0.4, -0.2) is 25.8 Å². The van der Waals surface area contributed by atoms with Crippen LogP contribution in [0.2, 0.25) is 0 Å². The van der Waals surface area contributed by atoms with Crippen molar-refractivity contribution in [3.05, 3.63) is 36.7 Å². The summed E-state index contributed by atoms with van der Waals surface area (Å²) in [6.07, 6.45) is 6.83. The van der Waals surface area contributed by atoms with Gasteiger partial charge in [0.15, 0.2) is 0 Å². The normalized spacial score (nSPS) is 10.9. The molecule has 84 valence electrons. The van der Waals surface area contributed by atoms with Crippen molar-refractivity contribution in [2.75, 3.05) is 0 Å². The Hall–Kier alpha value is -1.75. The topological polar surface area (TPSA) is 55.6 Å². The van der Waals surface area contributed by atoms with Gasteiger partial charge in [-0.2, -0.15) is 5.10 Å². The van der Waals surface area contributed by atoms with Crippen LogP contribution >= 0.6 is 0 Å². The number of nitrogens with one attached hydrogen (secondary N) is 1. The van der Waals surface area contributed by atoms with E-state index in [4.69, 9.17) is 0 Å². The second-order valence-corrected chi connectivity index (χ2v) is 3.88. The summed E-state index contributed by atoms with van der Waals surface area (Å²) < 4.78 is 1.75. The van der Waals surface area contributed by atoms with Crippen molar-refractivity contribution in [1.82, 2.24) is 25.1 Å². The molecule has 0 saturated heterocycles. The fourth-order valence-corrected chi connectivity index (χ4v) is 1.43. The summed E-state index contributed by atoms with van der Waals surface area (Å²) in [6.45, 7) is 5.01. The average molecular weight is 217 g/mol. The first-order valence-corrected chi connectivity index (χ1v) is 5.28. The molecule has 0 aliphatic carbocycles. The third kappa shape index (κ3) is 2.43. The van der Waals surface area contributed by atoms with Crippen molar-refractivity contribution in [3.63, 3.8) is 0 Å². The zero-order chi connectivity index (χ0) is 11.4. The fourth-order valence-electron chi connectivity index (χ4n) is 1.43. The summed E-state index contributed by atoms with van der Waals surface area (Å²) in [6, 6.07) is 2.38. The van der Waals surface area contributed by atoms with Gasteiger partial charge < -0.3 is 5.32 Å². The molecule has 0 radical (unpaired) electrons. The van der Waals surface area contributed by atoms with E-state index in [2.05, 4.69) is 34.2 Å². The minimum absolute atomic E-state index is 0.448. The lowest BCUT2D eigenvalue weighted by atomic mass is 10.2. The Morgan fingerprint density at radius 3 is 2.94 bits per heavy atom. The number of pyridine rings is 1. The van der Waals surface area contributed by atoms with Crippen LogP contribution in [0, 0.1) is 0 Å². The SMILES string of the molecule is CC(C)NCc1cnccc1-n1cncn1. The first-order valence-electron chi connectivity index (χ1n) is 5.28. The smallest absolute Gasteiger partial charge is 0.138 e. The lowest BCUT2D eigenvalue weighted by Gasteiger charge is -2.11.